The summed E-state index contributed by atoms with van der Waals surface area (Å²) in [4.78, 5) is 9.54. The number of hydrogen-bond acceptors (Lipinski definition) is 6. The van der Waals surface area contributed by atoms with Crippen molar-refractivity contribution >= 4 is 55.2 Å². The van der Waals surface area contributed by atoms with Crippen molar-refractivity contribution < 1.29 is 16.8 Å². The quantitative estimate of drug-likeness (QED) is 0.158. The van der Waals surface area contributed by atoms with Gasteiger partial charge in [0, 0.05) is 23.6 Å². The molecule has 0 aromatic heterocycles. The summed E-state index contributed by atoms with van der Waals surface area (Å²) < 4.78 is 57.3. The van der Waals surface area contributed by atoms with E-state index in [9.17, 15) is 16.8 Å². The Hall–Kier alpha value is -5.06. The van der Waals surface area contributed by atoms with Crippen molar-refractivity contribution in [3.63, 3.8) is 0 Å². The molecule has 0 bridgehead atoms. The van der Waals surface area contributed by atoms with Gasteiger partial charge in [-0.25, -0.2) is 16.8 Å². The molecule has 0 heterocycles. The highest BCUT2D eigenvalue weighted by molar-refractivity contribution is 7.93. The van der Waals surface area contributed by atoms with Gasteiger partial charge in [0.05, 0.1) is 32.5 Å². The minimum Gasteiger partial charge on any atom is -0.279 e. The van der Waals surface area contributed by atoms with E-state index in [0.29, 0.717) is 33.9 Å². The monoisotopic (exact) mass is 622 g/mol. The molecule has 0 aliphatic carbocycles. The predicted octanol–water partition coefficient (Wildman–Crippen LogP) is 7.41. The van der Waals surface area contributed by atoms with Crippen LogP contribution < -0.4 is 9.44 Å². The lowest BCUT2D eigenvalue weighted by molar-refractivity contribution is 0.599. The van der Waals surface area contributed by atoms with Crippen molar-refractivity contribution in [2.24, 2.45) is 9.98 Å². The van der Waals surface area contributed by atoms with Crippen LogP contribution >= 0.6 is 0 Å². The largest absolute Gasteiger partial charge is 0.279 e. The molecule has 222 valence electrons. The molecule has 0 atom stereocenters. The van der Waals surface area contributed by atoms with E-state index >= 15 is 0 Å². The van der Waals surface area contributed by atoms with Gasteiger partial charge in [0.25, 0.3) is 20.0 Å². The molecule has 8 nitrogen and oxygen atoms in total. The number of nitrogens with zero attached hydrogens (tertiary/aromatic N) is 2. The summed E-state index contributed by atoms with van der Waals surface area (Å²) >= 11 is 0. The summed E-state index contributed by atoms with van der Waals surface area (Å²) in [6, 6.07) is 34.4. The number of nitrogens with one attached hydrogen (secondary N) is 2. The van der Waals surface area contributed by atoms with E-state index in [2.05, 4.69) is 19.4 Å². The lowest BCUT2D eigenvalue weighted by atomic mass is 10.2. The van der Waals surface area contributed by atoms with Gasteiger partial charge in [0.2, 0.25) is 0 Å². The molecule has 2 N–H and O–H groups in total. The zero-order valence-electron chi connectivity index (χ0n) is 24.0. The summed E-state index contributed by atoms with van der Waals surface area (Å²) in [5.74, 6) is 0. The van der Waals surface area contributed by atoms with Crippen molar-refractivity contribution in [1.82, 2.24) is 0 Å². The van der Waals surface area contributed by atoms with Crippen molar-refractivity contribution in [2.45, 2.75) is 23.6 Å². The first kappa shape index (κ1) is 30.4. The van der Waals surface area contributed by atoms with E-state index in [4.69, 9.17) is 0 Å². The van der Waals surface area contributed by atoms with Gasteiger partial charge in [-0.2, -0.15) is 0 Å². The standard InChI is InChI=1S/C34H30N4O4S2/c1-25-15-19-29(20-16-25)43(39,40)37-31-11-5-3-9-27(31)23-35-33-13-7-8-14-34(33)36-24-28-10-4-6-12-32(28)38-44(41,42)30-21-17-26(2)18-22-30/h3-24,37-38H,1-2H3. The third kappa shape index (κ3) is 7.47. The fraction of sp³-hybridized carbons (Fsp3) is 0.0588. The Kier molecular flexibility index (Phi) is 9.03. The lowest BCUT2D eigenvalue weighted by Crippen LogP contribution is -2.14. The smallest absolute Gasteiger partial charge is 0.261 e. The van der Waals surface area contributed by atoms with E-state index in [1.165, 1.54) is 0 Å². The van der Waals surface area contributed by atoms with Crippen LogP contribution in [-0.4, -0.2) is 29.3 Å². The van der Waals surface area contributed by atoms with E-state index < -0.39 is 20.0 Å². The Balaban J connectivity index is 1.38. The molecule has 0 fully saturated rings. The molecule has 0 spiro atoms. The first-order chi connectivity index (χ1) is 21.1. The van der Waals surface area contributed by atoms with Gasteiger partial charge in [0.1, 0.15) is 0 Å². The Bertz CT molecular complexity index is 1910. The highest BCUT2D eigenvalue weighted by atomic mass is 32.2. The Morgan fingerprint density at radius 1 is 0.477 bits per heavy atom. The molecule has 0 saturated heterocycles. The maximum absolute atomic E-state index is 13.0. The second-order valence-corrected chi connectivity index (χ2v) is 13.4. The molecular formula is C34H30N4O4S2. The minimum absolute atomic E-state index is 0.163. The van der Waals surface area contributed by atoms with E-state index in [1.807, 2.05) is 26.0 Å². The van der Waals surface area contributed by atoms with Crippen LogP contribution in [0.4, 0.5) is 22.7 Å². The zero-order chi connectivity index (χ0) is 31.2. The van der Waals surface area contributed by atoms with E-state index in [1.54, 1.807) is 122 Å². The number of benzene rings is 5. The number of anilines is 2. The van der Waals surface area contributed by atoms with Crippen LogP contribution in [0.15, 0.2) is 141 Å². The third-order valence-corrected chi connectivity index (χ3v) is 9.40. The molecule has 0 unspecified atom stereocenters. The van der Waals surface area contributed by atoms with Crippen molar-refractivity contribution in [3.8, 4) is 0 Å². The summed E-state index contributed by atoms with van der Waals surface area (Å²) in [6.45, 7) is 3.79. The van der Waals surface area contributed by atoms with Crippen LogP contribution in [-0.2, 0) is 20.0 Å². The fourth-order valence-corrected chi connectivity index (χ4v) is 6.38. The first-order valence-corrected chi connectivity index (χ1v) is 16.6. The summed E-state index contributed by atoms with van der Waals surface area (Å²) in [5.41, 5.74) is 4.90. The molecule has 5 rings (SSSR count). The number of aliphatic imine (C=N–C) groups is 2. The summed E-state index contributed by atoms with van der Waals surface area (Å²) in [7, 11) is -7.61. The zero-order valence-corrected chi connectivity index (χ0v) is 25.7. The number of sulfonamides is 2. The Labute approximate surface area is 258 Å². The van der Waals surface area contributed by atoms with Crippen LogP contribution in [0.3, 0.4) is 0 Å². The van der Waals surface area contributed by atoms with Gasteiger partial charge < -0.3 is 0 Å². The SMILES string of the molecule is Cc1ccc(S(=O)(=O)Nc2ccccc2C=Nc2ccccc2N=Cc2ccccc2NS(=O)(=O)c2ccc(C)cc2)cc1. The summed E-state index contributed by atoms with van der Waals surface area (Å²) in [6.07, 6.45) is 3.15. The van der Waals surface area contributed by atoms with Crippen LogP contribution in [0, 0.1) is 13.8 Å². The van der Waals surface area contributed by atoms with E-state index in [0.717, 1.165) is 11.1 Å². The van der Waals surface area contributed by atoms with Crippen molar-refractivity contribution in [1.29, 1.82) is 0 Å². The average Bonchev–Trinajstić information content (AvgIpc) is 3.01. The van der Waals surface area contributed by atoms with Gasteiger partial charge in [-0.15, -0.1) is 0 Å². The van der Waals surface area contributed by atoms with Gasteiger partial charge in [0.15, 0.2) is 0 Å². The maximum Gasteiger partial charge on any atom is 0.261 e. The number of hydrogen-bond donors (Lipinski definition) is 2. The Morgan fingerprint density at radius 2 is 0.818 bits per heavy atom. The number of aryl methyl sites for hydroxylation is 2. The van der Waals surface area contributed by atoms with Crippen molar-refractivity contribution in [3.05, 3.63) is 144 Å². The van der Waals surface area contributed by atoms with Gasteiger partial charge in [-0.1, -0.05) is 83.9 Å². The van der Waals surface area contributed by atoms with Crippen LogP contribution in [0.25, 0.3) is 0 Å². The maximum atomic E-state index is 13.0. The molecule has 0 aliphatic heterocycles. The normalized spacial score (nSPS) is 12.0. The number of rotatable bonds is 10. The molecule has 0 radical (unpaired) electrons. The minimum atomic E-state index is -3.80. The van der Waals surface area contributed by atoms with Crippen LogP contribution in [0.5, 0.6) is 0 Å². The Morgan fingerprint density at radius 3 is 1.20 bits per heavy atom. The molecule has 10 heteroatoms. The fourth-order valence-electron chi connectivity index (χ4n) is 4.21. The molecule has 0 aliphatic rings. The molecular weight excluding hydrogens is 593 g/mol. The first-order valence-electron chi connectivity index (χ1n) is 13.6. The highest BCUT2D eigenvalue weighted by Crippen LogP contribution is 2.29. The second kappa shape index (κ2) is 13.1. The molecule has 5 aromatic carbocycles. The van der Waals surface area contributed by atoms with Crippen LogP contribution in [0.1, 0.15) is 22.3 Å². The highest BCUT2D eigenvalue weighted by Gasteiger charge is 2.16. The average molecular weight is 623 g/mol. The number of para-hydroxylation sites is 4. The van der Waals surface area contributed by atoms with Gasteiger partial charge >= 0.3 is 0 Å². The predicted molar refractivity (Wildman–Crippen MR) is 178 cm³/mol. The third-order valence-electron chi connectivity index (χ3n) is 6.64. The second-order valence-electron chi connectivity index (χ2n) is 10.0. The molecule has 5 aromatic rings. The summed E-state index contributed by atoms with van der Waals surface area (Å²) in [5, 5.41) is 0. The molecule has 0 amide bonds. The van der Waals surface area contributed by atoms with E-state index in [-0.39, 0.29) is 9.79 Å². The van der Waals surface area contributed by atoms with Crippen LogP contribution in [0.2, 0.25) is 0 Å². The topological polar surface area (TPSA) is 117 Å². The molecule has 44 heavy (non-hydrogen) atoms. The van der Waals surface area contributed by atoms with Crippen molar-refractivity contribution in [2.75, 3.05) is 9.44 Å². The molecule has 0 saturated carbocycles. The van der Waals surface area contributed by atoms with Gasteiger partial charge in [-0.05, 0) is 62.4 Å². The lowest BCUT2D eigenvalue weighted by Gasteiger charge is -2.11. The van der Waals surface area contributed by atoms with Gasteiger partial charge in [-0.3, -0.25) is 19.4 Å².